The summed E-state index contributed by atoms with van der Waals surface area (Å²) in [5.41, 5.74) is 8.04. The molecule has 0 saturated carbocycles. The van der Waals surface area contributed by atoms with E-state index in [-0.39, 0.29) is 17.4 Å². The monoisotopic (exact) mass is 400 g/mol. The van der Waals surface area contributed by atoms with Gasteiger partial charge in [-0.15, -0.1) is 0 Å². The Hall–Kier alpha value is -3.79. The molecule has 30 heavy (non-hydrogen) atoms. The SMILES string of the molecule is CC1CN(C2=CC(C(=N)c3cc(O)ccc3N)=CCN2)CC1(C#N)c1ccccn1. The number of dihydropyridines is 1. The van der Waals surface area contributed by atoms with Crippen LogP contribution in [0.2, 0.25) is 0 Å². The first-order valence-corrected chi connectivity index (χ1v) is 9.86. The van der Waals surface area contributed by atoms with Crippen molar-refractivity contribution in [1.29, 1.82) is 10.7 Å². The Morgan fingerprint density at radius 2 is 2.23 bits per heavy atom. The molecule has 5 N–H and O–H groups in total. The molecule has 2 aromatic rings. The largest absolute Gasteiger partial charge is 0.508 e. The first-order chi connectivity index (χ1) is 14.4. The predicted octanol–water partition coefficient (Wildman–Crippen LogP) is 2.52. The third-order valence-electron chi connectivity index (χ3n) is 5.93. The van der Waals surface area contributed by atoms with Gasteiger partial charge in [0.05, 0.1) is 17.5 Å². The minimum Gasteiger partial charge on any atom is -0.508 e. The number of allylic oxidation sites excluding steroid dienone is 2. The number of benzene rings is 1. The lowest BCUT2D eigenvalue weighted by molar-refractivity contribution is 0.373. The maximum absolute atomic E-state index is 10.1. The third kappa shape index (κ3) is 3.26. The summed E-state index contributed by atoms with van der Waals surface area (Å²) in [7, 11) is 0. The Kier molecular flexibility index (Phi) is 4.92. The normalized spacial score (nSPS) is 23.2. The molecule has 1 aromatic heterocycles. The van der Waals surface area contributed by atoms with Crippen molar-refractivity contribution in [3.05, 3.63) is 77.4 Å². The van der Waals surface area contributed by atoms with Crippen molar-refractivity contribution in [2.24, 2.45) is 5.92 Å². The number of phenolic OH excluding ortho intramolecular Hbond substituents is 1. The quantitative estimate of drug-likeness (QED) is 0.355. The number of hydrogen-bond acceptors (Lipinski definition) is 7. The lowest BCUT2D eigenvalue weighted by Crippen LogP contribution is -2.36. The zero-order chi connectivity index (χ0) is 21.3. The van der Waals surface area contributed by atoms with Crippen LogP contribution in [0.15, 0.2) is 66.1 Å². The predicted molar refractivity (Wildman–Crippen MR) is 116 cm³/mol. The van der Waals surface area contributed by atoms with E-state index in [1.807, 2.05) is 30.4 Å². The first kappa shape index (κ1) is 19.5. The molecule has 2 unspecified atom stereocenters. The summed E-state index contributed by atoms with van der Waals surface area (Å²) in [5.74, 6) is 1.04. The Morgan fingerprint density at radius 3 is 2.97 bits per heavy atom. The Balaban J connectivity index is 1.62. The van der Waals surface area contributed by atoms with Crippen molar-refractivity contribution in [3.8, 4) is 11.8 Å². The Labute approximate surface area is 175 Å². The molecule has 1 aromatic carbocycles. The van der Waals surface area contributed by atoms with Crippen molar-refractivity contribution >= 4 is 11.4 Å². The molecule has 1 fully saturated rings. The van der Waals surface area contributed by atoms with E-state index in [2.05, 4.69) is 28.2 Å². The number of rotatable bonds is 4. The van der Waals surface area contributed by atoms with Crippen molar-refractivity contribution < 1.29 is 5.11 Å². The summed E-state index contributed by atoms with van der Waals surface area (Å²) in [6, 6.07) is 12.8. The number of pyridine rings is 1. The molecule has 7 nitrogen and oxygen atoms in total. The van der Waals surface area contributed by atoms with Crippen LogP contribution in [-0.4, -0.2) is 40.3 Å². The van der Waals surface area contributed by atoms with Crippen molar-refractivity contribution in [2.75, 3.05) is 25.4 Å². The van der Waals surface area contributed by atoms with Crippen LogP contribution in [0.3, 0.4) is 0 Å². The number of nitriles is 1. The molecule has 4 rings (SSSR count). The molecular weight excluding hydrogens is 376 g/mol. The fourth-order valence-electron chi connectivity index (χ4n) is 4.17. The van der Waals surface area contributed by atoms with Gasteiger partial charge in [0.2, 0.25) is 0 Å². The molecule has 2 aliphatic heterocycles. The highest BCUT2D eigenvalue weighted by Crippen LogP contribution is 2.39. The van der Waals surface area contributed by atoms with Gasteiger partial charge in [0, 0.05) is 42.7 Å². The minimum atomic E-state index is -0.686. The Morgan fingerprint density at radius 1 is 1.40 bits per heavy atom. The highest BCUT2D eigenvalue weighted by atomic mass is 16.3. The molecule has 2 aliphatic rings. The molecule has 1 saturated heterocycles. The van der Waals surface area contributed by atoms with Gasteiger partial charge >= 0.3 is 0 Å². The topological polar surface area (TPSA) is 122 Å². The number of phenols is 1. The maximum Gasteiger partial charge on any atom is 0.121 e. The summed E-state index contributed by atoms with van der Waals surface area (Å²) in [5, 5.41) is 31.8. The Bertz CT molecular complexity index is 1080. The van der Waals surface area contributed by atoms with Gasteiger partial charge < -0.3 is 21.1 Å². The van der Waals surface area contributed by atoms with Gasteiger partial charge in [0.15, 0.2) is 0 Å². The van der Waals surface area contributed by atoms with Gasteiger partial charge in [0.1, 0.15) is 17.0 Å². The lowest BCUT2D eigenvalue weighted by Gasteiger charge is -2.28. The summed E-state index contributed by atoms with van der Waals surface area (Å²) < 4.78 is 0. The van der Waals surface area contributed by atoms with E-state index in [4.69, 9.17) is 11.1 Å². The average molecular weight is 400 g/mol. The van der Waals surface area contributed by atoms with Gasteiger partial charge in [-0.1, -0.05) is 19.1 Å². The van der Waals surface area contributed by atoms with Gasteiger partial charge in [-0.2, -0.15) is 5.26 Å². The van der Waals surface area contributed by atoms with E-state index in [1.54, 1.807) is 12.3 Å². The number of likely N-dealkylation sites (tertiary alicyclic amines) is 1. The van der Waals surface area contributed by atoms with E-state index in [0.717, 1.165) is 17.1 Å². The maximum atomic E-state index is 10.1. The fraction of sp³-hybridized carbons (Fsp3) is 0.261. The van der Waals surface area contributed by atoms with Crippen LogP contribution in [0.5, 0.6) is 5.75 Å². The zero-order valence-electron chi connectivity index (χ0n) is 16.8. The molecule has 3 heterocycles. The fourth-order valence-corrected chi connectivity index (χ4v) is 4.17. The lowest BCUT2D eigenvalue weighted by atomic mass is 9.77. The van der Waals surface area contributed by atoms with Crippen molar-refractivity contribution in [3.63, 3.8) is 0 Å². The van der Waals surface area contributed by atoms with Gasteiger partial charge in [-0.05, 0) is 42.3 Å². The van der Waals surface area contributed by atoms with E-state index in [1.165, 1.54) is 12.1 Å². The summed E-state index contributed by atoms with van der Waals surface area (Å²) in [6.07, 6.45) is 5.56. The number of aromatic nitrogens is 1. The molecule has 0 bridgehead atoms. The van der Waals surface area contributed by atoms with Crippen LogP contribution in [0.1, 0.15) is 18.2 Å². The molecule has 152 valence electrons. The van der Waals surface area contributed by atoms with Crippen molar-refractivity contribution in [2.45, 2.75) is 12.3 Å². The molecule has 0 radical (unpaired) electrons. The van der Waals surface area contributed by atoms with Crippen LogP contribution < -0.4 is 11.1 Å². The first-order valence-electron chi connectivity index (χ1n) is 9.86. The molecule has 2 atom stereocenters. The van der Waals surface area contributed by atoms with Crippen LogP contribution in [0.25, 0.3) is 0 Å². The number of hydrogen-bond donors (Lipinski definition) is 4. The molecule has 0 amide bonds. The van der Waals surface area contributed by atoms with Crippen molar-refractivity contribution in [1.82, 2.24) is 15.2 Å². The number of nitrogens with two attached hydrogens (primary N) is 1. The smallest absolute Gasteiger partial charge is 0.121 e. The summed E-state index contributed by atoms with van der Waals surface area (Å²) in [4.78, 5) is 6.61. The van der Waals surface area contributed by atoms with E-state index >= 15 is 0 Å². The highest BCUT2D eigenvalue weighted by Gasteiger charge is 2.48. The molecule has 0 aliphatic carbocycles. The van der Waals surface area contributed by atoms with Gasteiger partial charge in [0.25, 0.3) is 0 Å². The number of nitrogens with zero attached hydrogens (tertiary/aromatic N) is 3. The number of nitrogen functional groups attached to an aromatic ring is 1. The highest BCUT2D eigenvalue weighted by molar-refractivity contribution is 6.15. The van der Waals surface area contributed by atoms with E-state index in [0.29, 0.717) is 30.9 Å². The van der Waals surface area contributed by atoms with Crippen LogP contribution >= 0.6 is 0 Å². The van der Waals surface area contributed by atoms with Gasteiger partial charge in [-0.3, -0.25) is 10.4 Å². The van der Waals surface area contributed by atoms with Crippen LogP contribution in [0, 0.1) is 22.7 Å². The number of nitrogens with one attached hydrogen (secondary N) is 2. The number of aromatic hydroxyl groups is 1. The number of anilines is 1. The van der Waals surface area contributed by atoms with E-state index < -0.39 is 5.41 Å². The van der Waals surface area contributed by atoms with Crippen LogP contribution in [0.4, 0.5) is 5.69 Å². The molecule has 0 spiro atoms. The summed E-state index contributed by atoms with van der Waals surface area (Å²) in [6.45, 7) is 3.87. The molecule has 7 heteroatoms. The van der Waals surface area contributed by atoms with Crippen LogP contribution in [-0.2, 0) is 5.41 Å². The second kappa shape index (κ2) is 7.56. The molecular formula is C23H24N6O. The second-order valence-electron chi connectivity index (χ2n) is 7.80. The van der Waals surface area contributed by atoms with E-state index in [9.17, 15) is 10.4 Å². The minimum absolute atomic E-state index is 0.0743. The second-order valence-corrected chi connectivity index (χ2v) is 7.80. The summed E-state index contributed by atoms with van der Waals surface area (Å²) >= 11 is 0. The zero-order valence-corrected chi connectivity index (χ0v) is 16.8. The average Bonchev–Trinajstić information content (AvgIpc) is 3.13. The third-order valence-corrected chi connectivity index (χ3v) is 5.93. The van der Waals surface area contributed by atoms with Gasteiger partial charge in [-0.25, -0.2) is 0 Å². The standard InChI is InChI=1S/C23H24N6O/c1-15-12-29(14-23(15,13-24)20-4-2-3-8-27-20)21-10-16(7-9-28-21)22(26)18-11-17(30)5-6-19(18)25/h2-8,10-11,15,26,28,30H,9,12,14,25H2,1H3.